The van der Waals surface area contributed by atoms with E-state index in [1.165, 1.54) is 10.4 Å². The summed E-state index contributed by atoms with van der Waals surface area (Å²) in [5, 5.41) is 2.12. The summed E-state index contributed by atoms with van der Waals surface area (Å²) in [5.74, 6) is 0. The zero-order valence-electron chi connectivity index (χ0n) is 7.31. The van der Waals surface area contributed by atoms with E-state index in [2.05, 4.69) is 28.6 Å². The second-order valence-corrected chi connectivity index (χ2v) is 3.97. The van der Waals surface area contributed by atoms with Crippen LogP contribution in [0.3, 0.4) is 0 Å². The van der Waals surface area contributed by atoms with Crippen LogP contribution in [0.4, 0.5) is 0 Å². The Hall–Kier alpha value is -1.15. The normalized spacial score (nSPS) is 10.2. The molecule has 1 nitrogen and oxygen atoms in total. The third-order valence-corrected chi connectivity index (χ3v) is 2.90. The van der Waals surface area contributed by atoms with Crippen LogP contribution in [0, 0.1) is 0 Å². The molecule has 0 bridgehead atoms. The molecule has 0 amide bonds. The van der Waals surface area contributed by atoms with Gasteiger partial charge in [-0.05, 0) is 35.9 Å². The molecule has 0 aliphatic heterocycles. The lowest BCUT2D eigenvalue weighted by molar-refractivity contribution is 0.969. The molecule has 0 N–H and O–H groups in total. The SMILES string of the molecule is c1cncc(CCc2cccs2)c1. The van der Waals surface area contributed by atoms with E-state index in [9.17, 15) is 0 Å². The summed E-state index contributed by atoms with van der Waals surface area (Å²) >= 11 is 1.82. The van der Waals surface area contributed by atoms with Crippen LogP contribution in [0.25, 0.3) is 0 Å². The van der Waals surface area contributed by atoms with Crippen molar-refractivity contribution in [2.75, 3.05) is 0 Å². The Morgan fingerprint density at radius 1 is 1.15 bits per heavy atom. The molecule has 0 aliphatic rings. The first-order valence-corrected chi connectivity index (χ1v) is 5.24. The molecule has 0 unspecified atom stereocenters. The molecule has 0 radical (unpaired) electrons. The molecule has 0 fully saturated rings. The van der Waals surface area contributed by atoms with Gasteiger partial charge in [0.2, 0.25) is 0 Å². The van der Waals surface area contributed by atoms with Crippen molar-refractivity contribution in [3.8, 4) is 0 Å². The average molecular weight is 189 g/mol. The van der Waals surface area contributed by atoms with E-state index in [1.54, 1.807) is 0 Å². The summed E-state index contributed by atoms with van der Waals surface area (Å²) in [6.07, 6.45) is 5.97. The molecule has 13 heavy (non-hydrogen) atoms. The second-order valence-electron chi connectivity index (χ2n) is 2.94. The molecular weight excluding hydrogens is 178 g/mol. The van der Waals surface area contributed by atoms with Gasteiger partial charge in [-0.15, -0.1) is 11.3 Å². The molecule has 0 aromatic carbocycles. The Morgan fingerprint density at radius 2 is 2.15 bits per heavy atom. The van der Waals surface area contributed by atoms with E-state index in [0.29, 0.717) is 0 Å². The molecule has 0 atom stereocenters. The molecule has 0 saturated carbocycles. The maximum Gasteiger partial charge on any atom is 0.0299 e. The van der Waals surface area contributed by atoms with Crippen molar-refractivity contribution in [2.24, 2.45) is 0 Å². The van der Waals surface area contributed by atoms with Gasteiger partial charge < -0.3 is 0 Å². The fraction of sp³-hybridized carbons (Fsp3) is 0.182. The Balaban J connectivity index is 1.94. The van der Waals surface area contributed by atoms with Crippen LogP contribution in [0.15, 0.2) is 42.0 Å². The topological polar surface area (TPSA) is 12.9 Å². The highest BCUT2D eigenvalue weighted by Crippen LogP contribution is 2.11. The molecule has 66 valence electrons. The molecular formula is C11H11NS. The minimum Gasteiger partial charge on any atom is -0.264 e. The number of aryl methyl sites for hydroxylation is 2. The number of hydrogen-bond acceptors (Lipinski definition) is 2. The zero-order chi connectivity index (χ0) is 8.93. The summed E-state index contributed by atoms with van der Waals surface area (Å²) in [6.45, 7) is 0. The lowest BCUT2D eigenvalue weighted by Gasteiger charge is -1.97. The van der Waals surface area contributed by atoms with Crippen LogP contribution in [0.5, 0.6) is 0 Å². The van der Waals surface area contributed by atoms with Crippen LogP contribution in [0.1, 0.15) is 10.4 Å². The van der Waals surface area contributed by atoms with Gasteiger partial charge in [0.15, 0.2) is 0 Å². The predicted molar refractivity (Wildman–Crippen MR) is 56.0 cm³/mol. The lowest BCUT2D eigenvalue weighted by Crippen LogP contribution is -1.88. The molecule has 2 aromatic heterocycles. The van der Waals surface area contributed by atoms with E-state index in [4.69, 9.17) is 0 Å². The number of hydrogen-bond donors (Lipinski definition) is 0. The van der Waals surface area contributed by atoms with E-state index in [0.717, 1.165) is 12.8 Å². The summed E-state index contributed by atoms with van der Waals surface area (Å²) in [4.78, 5) is 5.54. The third kappa shape index (κ3) is 2.39. The van der Waals surface area contributed by atoms with Crippen LogP contribution < -0.4 is 0 Å². The number of aromatic nitrogens is 1. The van der Waals surface area contributed by atoms with Crippen LogP contribution >= 0.6 is 11.3 Å². The summed E-state index contributed by atoms with van der Waals surface area (Å²) in [5.41, 5.74) is 1.32. The third-order valence-electron chi connectivity index (χ3n) is 1.96. The molecule has 2 aromatic rings. The number of rotatable bonds is 3. The Morgan fingerprint density at radius 3 is 2.85 bits per heavy atom. The summed E-state index contributed by atoms with van der Waals surface area (Å²) in [6, 6.07) is 8.40. The monoisotopic (exact) mass is 189 g/mol. The maximum absolute atomic E-state index is 4.09. The molecule has 2 heterocycles. The quantitative estimate of drug-likeness (QED) is 0.723. The largest absolute Gasteiger partial charge is 0.264 e. The van der Waals surface area contributed by atoms with Crippen molar-refractivity contribution in [2.45, 2.75) is 12.8 Å². The average Bonchev–Trinajstić information content (AvgIpc) is 2.69. The Labute approximate surface area is 82.1 Å². The Bertz CT molecular complexity index is 340. The van der Waals surface area contributed by atoms with Gasteiger partial charge in [0.05, 0.1) is 0 Å². The molecule has 0 aliphatic carbocycles. The van der Waals surface area contributed by atoms with Crippen molar-refractivity contribution in [3.63, 3.8) is 0 Å². The lowest BCUT2D eigenvalue weighted by atomic mass is 10.1. The van der Waals surface area contributed by atoms with Crippen LogP contribution in [-0.2, 0) is 12.8 Å². The van der Waals surface area contributed by atoms with Crippen LogP contribution in [-0.4, -0.2) is 4.98 Å². The highest BCUT2D eigenvalue weighted by Gasteiger charge is 1.95. The predicted octanol–water partition coefficient (Wildman–Crippen LogP) is 2.93. The van der Waals surface area contributed by atoms with Gasteiger partial charge >= 0.3 is 0 Å². The van der Waals surface area contributed by atoms with Crippen molar-refractivity contribution in [1.29, 1.82) is 0 Å². The Kier molecular flexibility index (Phi) is 2.72. The van der Waals surface area contributed by atoms with Crippen molar-refractivity contribution in [1.82, 2.24) is 4.98 Å². The van der Waals surface area contributed by atoms with E-state index < -0.39 is 0 Å². The fourth-order valence-electron chi connectivity index (χ4n) is 1.27. The van der Waals surface area contributed by atoms with Crippen LogP contribution in [0.2, 0.25) is 0 Å². The van der Waals surface area contributed by atoms with Crippen molar-refractivity contribution in [3.05, 3.63) is 52.5 Å². The second kappa shape index (κ2) is 4.19. The van der Waals surface area contributed by atoms with Gasteiger partial charge in [0, 0.05) is 17.3 Å². The first kappa shape index (κ1) is 8.45. The van der Waals surface area contributed by atoms with Gasteiger partial charge in [-0.2, -0.15) is 0 Å². The molecule has 0 saturated heterocycles. The first-order valence-electron chi connectivity index (χ1n) is 4.36. The van der Waals surface area contributed by atoms with Gasteiger partial charge in [-0.25, -0.2) is 0 Å². The number of nitrogens with zero attached hydrogens (tertiary/aromatic N) is 1. The van der Waals surface area contributed by atoms with E-state index in [1.807, 2.05) is 29.8 Å². The fourth-order valence-corrected chi connectivity index (χ4v) is 1.98. The minimum absolute atomic E-state index is 1.09. The van der Waals surface area contributed by atoms with E-state index in [-0.39, 0.29) is 0 Å². The molecule has 0 spiro atoms. The van der Waals surface area contributed by atoms with Gasteiger partial charge in [-0.1, -0.05) is 12.1 Å². The first-order chi connectivity index (χ1) is 6.45. The summed E-state index contributed by atoms with van der Waals surface area (Å²) in [7, 11) is 0. The zero-order valence-corrected chi connectivity index (χ0v) is 8.13. The van der Waals surface area contributed by atoms with Crippen molar-refractivity contribution >= 4 is 11.3 Å². The maximum atomic E-state index is 4.09. The highest BCUT2D eigenvalue weighted by atomic mass is 32.1. The smallest absolute Gasteiger partial charge is 0.0299 e. The molecule has 2 heteroatoms. The summed E-state index contributed by atoms with van der Waals surface area (Å²) < 4.78 is 0. The van der Waals surface area contributed by atoms with E-state index >= 15 is 0 Å². The number of pyridine rings is 1. The minimum atomic E-state index is 1.09. The molecule has 2 rings (SSSR count). The standard InChI is InChI=1S/C11H11NS/c1-3-10(9-12-7-1)5-6-11-4-2-8-13-11/h1-4,7-9H,5-6H2. The van der Waals surface area contributed by atoms with Crippen molar-refractivity contribution < 1.29 is 0 Å². The van der Waals surface area contributed by atoms with Gasteiger partial charge in [0.1, 0.15) is 0 Å². The van der Waals surface area contributed by atoms with Gasteiger partial charge in [0.25, 0.3) is 0 Å². The van der Waals surface area contributed by atoms with Gasteiger partial charge in [-0.3, -0.25) is 4.98 Å². The number of thiophene rings is 1. The highest BCUT2D eigenvalue weighted by molar-refractivity contribution is 7.09.